The van der Waals surface area contributed by atoms with Crippen molar-refractivity contribution in [3.05, 3.63) is 53.1 Å². The summed E-state index contributed by atoms with van der Waals surface area (Å²) in [5.41, 5.74) is 6.07. The van der Waals surface area contributed by atoms with Crippen LogP contribution in [-0.2, 0) is 4.79 Å². The molecule has 10 heteroatoms. The predicted octanol–water partition coefficient (Wildman–Crippen LogP) is 2.21. The first-order valence-corrected chi connectivity index (χ1v) is 8.49. The van der Waals surface area contributed by atoms with E-state index >= 15 is 0 Å². The van der Waals surface area contributed by atoms with E-state index in [9.17, 15) is 19.8 Å². The molecule has 0 fully saturated rings. The van der Waals surface area contributed by atoms with Crippen LogP contribution in [0.15, 0.2) is 46.8 Å². The molecule has 1 aromatic carbocycles. The summed E-state index contributed by atoms with van der Waals surface area (Å²) in [4.78, 5) is 28.8. The quantitative estimate of drug-likeness (QED) is 0.537. The van der Waals surface area contributed by atoms with Crippen molar-refractivity contribution in [2.24, 2.45) is 5.73 Å². The smallest absolute Gasteiger partial charge is 0.374 e. The lowest BCUT2D eigenvalue weighted by Crippen LogP contribution is -2.45. The number of furan rings is 1. The SMILES string of the molecule is N=C1C(c2nc3ccccc3s2)=C(O)[C@@H](C(N)=O)N1c1ccoc1C(=O)O. The molecule has 1 aliphatic rings. The molecule has 1 amide bonds. The topological polar surface area (TPSA) is 154 Å². The van der Waals surface area contributed by atoms with Crippen molar-refractivity contribution in [2.75, 3.05) is 4.90 Å². The molecule has 0 unspecified atom stereocenters. The van der Waals surface area contributed by atoms with Crippen LogP contribution in [-0.4, -0.2) is 39.0 Å². The second-order valence-electron chi connectivity index (χ2n) is 5.71. The van der Waals surface area contributed by atoms with Crippen molar-refractivity contribution in [2.45, 2.75) is 6.04 Å². The fourth-order valence-electron chi connectivity index (χ4n) is 2.99. The first-order valence-electron chi connectivity index (χ1n) is 7.67. The van der Waals surface area contributed by atoms with E-state index in [-0.39, 0.29) is 17.1 Å². The Bertz CT molecular complexity index is 1110. The first kappa shape index (κ1) is 16.8. The molecule has 1 aliphatic heterocycles. The number of hydrogen-bond acceptors (Lipinski definition) is 7. The van der Waals surface area contributed by atoms with Crippen LogP contribution in [0.3, 0.4) is 0 Å². The number of aliphatic hydroxyl groups is 1. The summed E-state index contributed by atoms with van der Waals surface area (Å²) in [6.07, 6.45) is 1.12. The van der Waals surface area contributed by atoms with Gasteiger partial charge in [-0.25, -0.2) is 9.78 Å². The molecule has 2 aromatic heterocycles. The van der Waals surface area contributed by atoms with Crippen LogP contribution in [0.5, 0.6) is 0 Å². The highest BCUT2D eigenvalue weighted by atomic mass is 32.1. The monoisotopic (exact) mass is 384 g/mol. The van der Waals surface area contributed by atoms with Crippen LogP contribution >= 0.6 is 11.3 Å². The number of nitrogens with one attached hydrogen (secondary N) is 1. The summed E-state index contributed by atoms with van der Waals surface area (Å²) in [5, 5.41) is 28.7. The van der Waals surface area contributed by atoms with E-state index in [2.05, 4.69) is 4.98 Å². The lowest BCUT2D eigenvalue weighted by molar-refractivity contribution is -0.118. The normalized spacial score (nSPS) is 17.1. The van der Waals surface area contributed by atoms with E-state index in [1.54, 1.807) is 6.07 Å². The highest BCUT2D eigenvalue weighted by Crippen LogP contribution is 2.39. The maximum absolute atomic E-state index is 12.0. The second-order valence-corrected chi connectivity index (χ2v) is 6.74. The van der Waals surface area contributed by atoms with Crippen LogP contribution in [0.1, 0.15) is 15.6 Å². The minimum Gasteiger partial charge on any atom is -0.509 e. The van der Waals surface area contributed by atoms with Gasteiger partial charge in [-0.3, -0.25) is 10.2 Å². The van der Waals surface area contributed by atoms with Gasteiger partial charge in [0.05, 0.1) is 27.7 Å². The van der Waals surface area contributed by atoms with Crippen LogP contribution < -0.4 is 10.6 Å². The molecule has 1 atom stereocenters. The van der Waals surface area contributed by atoms with Gasteiger partial charge in [0.1, 0.15) is 16.6 Å². The molecule has 9 nitrogen and oxygen atoms in total. The summed E-state index contributed by atoms with van der Waals surface area (Å²) in [5.74, 6) is -3.53. The number of amidine groups is 1. The summed E-state index contributed by atoms with van der Waals surface area (Å²) < 4.78 is 5.77. The third-order valence-electron chi connectivity index (χ3n) is 4.13. The highest BCUT2D eigenvalue weighted by Gasteiger charge is 2.45. The van der Waals surface area contributed by atoms with Crippen LogP contribution in [0.2, 0.25) is 0 Å². The second kappa shape index (κ2) is 5.95. The molecule has 0 bridgehead atoms. The molecule has 5 N–H and O–H groups in total. The number of benzene rings is 1. The summed E-state index contributed by atoms with van der Waals surface area (Å²) in [7, 11) is 0. The molecular weight excluding hydrogens is 372 g/mol. The number of anilines is 1. The van der Waals surface area contributed by atoms with Gasteiger partial charge in [-0.1, -0.05) is 12.1 Å². The molecule has 3 aromatic rings. The third kappa shape index (κ3) is 2.46. The number of nitrogens with zero attached hydrogens (tertiary/aromatic N) is 2. The number of para-hydroxylation sites is 1. The summed E-state index contributed by atoms with van der Waals surface area (Å²) in [6, 6.07) is 7.13. The third-order valence-corrected chi connectivity index (χ3v) is 5.18. The van der Waals surface area contributed by atoms with Crippen molar-refractivity contribution in [3.8, 4) is 0 Å². The number of nitrogens with two attached hydrogens (primary N) is 1. The number of carbonyl (C=O) groups is 2. The van der Waals surface area contributed by atoms with E-state index in [0.29, 0.717) is 10.5 Å². The number of aromatic nitrogens is 1. The number of carboxylic acid groups (broad SMARTS) is 1. The number of thiazole rings is 1. The molecule has 0 radical (unpaired) electrons. The molecule has 4 rings (SSSR count). The van der Waals surface area contributed by atoms with Crippen LogP contribution in [0, 0.1) is 5.41 Å². The Labute approximate surface area is 155 Å². The van der Waals surface area contributed by atoms with Crippen molar-refractivity contribution in [1.82, 2.24) is 4.98 Å². The van der Waals surface area contributed by atoms with E-state index in [1.165, 1.54) is 17.4 Å². The molecular formula is C17H12N4O5S. The van der Waals surface area contributed by atoms with Gasteiger partial charge in [-0.2, -0.15) is 0 Å². The molecule has 3 heterocycles. The largest absolute Gasteiger partial charge is 0.509 e. The Morgan fingerprint density at radius 2 is 2.04 bits per heavy atom. The Balaban J connectivity index is 1.88. The number of primary amides is 1. The number of aliphatic hydroxyl groups excluding tert-OH is 1. The molecule has 0 saturated heterocycles. The van der Waals surface area contributed by atoms with Gasteiger partial charge in [0.25, 0.3) is 0 Å². The van der Waals surface area contributed by atoms with Gasteiger partial charge in [0, 0.05) is 6.07 Å². The van der Waals surface area contributed by atoms with Crippen molar-refractivity contribution in [1.29, 1.82) is 5.41 Å². The van der Waals surface area contributed by atoms with E-state index < -0.39 is 29.4 Å². The van der Waals surface area contributed by atoms with Gasteiger partial charge < -0.3 is 25.3 Å². The minimum absolute atomic E-state index is 0.0255. The van der Waals surface area contributed by atoms with Gasteiger partial charge >= 0.3 is 5.97 Å². The standard InChI is InChI=1S/C17H12N4O5S/c18-14-10(16-20-7-3-1-2-4-9(7)27-16)12(22)11(15(19)23)21(14)8-5-6-26-13(8)17(24)25/h1-6,11,18,22H,(H2,19,23)(H,24,25)/t11-/m0/s1. The average molecular weight is 384 g/mol. The van der Waals surface area contributed by atoms with Crippen LogP contribution in [0.4, 0.5) is 5.69 Å². The molecule has 0 aliphatic carbocycles. The Hall–Kier alpha value is -3.66. The van der Waals surface area contributed by atoms with Crippen LogP contribution in [0.25, 0.3) is 15.8 Å². The Morgan fingerprint density at radius 1 is 1.30 bits per heavy atom. The lowest BCUT2D eigenvalue weighted by Gasteiger charge is -2.23. The number of fused-ring (bicyclic) bond motifs is 1. The van der Waals surface area contributed by atoms with Gasteiger partial charge in [0.15, 0.2) is 6.04 Å². The van der Waals surface area contributed by atoms with Gasteiger partial charge in [-0.15, -0.1) is 11.3 Å². The number of carboxylic acids is 1. The molecule has 0 saturated carbocycles. The zero-order valence-electron chi connectivity index (χ0n) is 13.5. The maximum Gasteiger partial charge on any atom is 0.374 e. The van der Waals surface area contributed by atoms with E-state index in [0.717, 1.165) is 15.9 Å². The number of hydrogen-bond donors (Lipinski definition) is 4. The van der Waals surface area contributed by atoms with Crippen molar-refractivity contribution in [3.63, 3.8) is 0 Å². The molecule has 136 valence electrons. The van der Waals surface area contributed by atoms with E-state index in [1.807, 2.05) is 18.2 Å². The van der Waals surface area contributed by atoms with Crippen molar-refractivity contribution < 1.29 is 24.2 Å². The summed E-state index contributed by atoms with van der Waals surface area (Å²) >= 11 is 1.24. The van der Waals surface area contributed by atoms with Crippen molar-refractivity contribution >= 4 is 50.5 Å². The van der Waals surface area contributed by atoms with Gasteiger partial charge in [0.2, 0.25) is 11.7 Å². The zero-order valence-corrected chi connectivity index (χ0v) is 14.4. The fraction of sp³-hybridized carbons (Fsp3) is 0.0588. The number of carbonyl (C=O) groups excluding carboxylic acids is 1. The maximum atomic E-state index is 12.0. The average Bonchev–Trinajstić information content (AvgIpc) is 3.29. The molecule has 27 heavy (non-hydrogen) atoms. The number of aromatic carboxylic acids is 1. The first-order chi connectivity index (χ1) is 12.9. The Kier molecular flexibility index (Phi) is 3.70. The predicted molar refractivity (Wildman–Crippen MR) is 98.0 cm³/mol. The Morgan fingerprint density at radius 3 is 2.70 bits per heavy atom. The summed E-state index contributed by atoms with van der Waals surface area (Å²) in [6.45, 7) is 0. The minimum atomic E-state index is -1.43. The molecule has 0 spiro atoms. The highest BCUT2D eigenvalue weighted by molar-refractivity contribution is 7.19. The number of rotatable bonds is 4. The fourth-order valence-corrected chi connectivity index (χ4v) is 4.01. The van der Waals surface area contributed by atoms with Gasteiger partial charge in [-0.05, 0) is 12.1 Å². The van der Waals surface area contributed by atoms with E-state index in [4.69, 9.17) is 15.6 Å². The zero-order chi connectivity index (χ0) is 19.3. The number of amides is 1. The lowest BCUT2D eigenvalue weighted by atomic mass is 10.2.